The number of carbonyl (C=O) groups is 4. The maximum atomic E-state index is 13.2. The van der Waals surface area contributed by atoms with E-state index in [-0.39, 0.29) is 29.1 Å². The van der Waals surface area contributed by atoms with Crippen molar-refractivity contribution in [3.8, 4) is 0 Å². The summed E-state index contributed by atoms with van der Waals surface area (Å²) in [6.07, 6.45) is 6.24. The largest absolute Gasteiger partial charge is 0.369 e. The van der Waals surface area contributed by atoms with Gasteiger partial charge in [-0.15, -0.1) is 0 Å². The molecule has 0 aliphatic carbocycles. The molecule has 1 aromatic carbocycles. The van der Waals surface area contributed by atoms with Crippen molar-refractivity contribution < 1.29 is 19.2 Å². The summed E-state index contributed by atoms with van der Waals surface area (Å²) in [7, 11) is 5.50. The molecule has 2 heterocycles. The summed E-state index contributed by atoms with van der Waals surface area (Å²) in [6.45, 7) is 4.95. The number of aromatic nitrogens is 3. The zero-order valence-electron chi connectivity index (χ0n) is 25.7. The Labute approximate surface area is 257 Å². The summed E-state index contributed by atoms with van der Waals surface area (Å²) in [5, 5.41) is 13.9. The maximum Gasteiger partial charge on any atom is 0.326 e. The van der Waals surface area contributed by atoms with E-state index in [1.54, 1.807) is 62.8 Å². The van der Waals surface area contributed by atoms with Crippen molar-refractivity contribution in [2.45, 2.75) is 39.2 Å². The molecule has 0 spiro atoms. The average molecular weight is 605 g/mol. The lowest BCUT2D eigenvalue weighted by molar-refractivity contribution is -0.136. The predicted octanol–water partition coefficient (Wildman–Crippen LogP) is 3.72. The van der Waals surface area contributed by atoms with E-state index in [9.17, 15) is 19.2 Å². The molecule has 14 heteroatoms. The van der Waals surface area contributed by atoms with Crippen LogP contribution in [-0.2, 0) is 9.59 Å². The standard InChI is InChI=1S/C30H40N10O4/c1-6-14-32-26-24(19-33-29(37-26)38-30(44)36-21-12-15-31-16-13-21)28(43)35-23-10-7-9-22(18-23)34-27(42)20(2)40(5)25(41)11-8-17-39(3)4/h7,9-10,12-13,15-16,18-20H,6,8,11,14,17H2,1-5H3,(H,34,42)(H,35,43)(H3,31,32,33,36,37,38,44)/t20-/m0/s1. The van der Waals surface area contributed by atoms with Gasteiger partial charge in [0.25, 0.3) is 5.91 Å². The highest BCUT2D eigenvalue weighted by molar-refractivity contribution is 6.08. The molecule has 0 fully saturated rings. The highest BCUT2D eigenvalue weighted by atomic mass is 16.2. The van der Waals surface area contributed by atoms with E-state index in [0.29, 0.717) is 36.4 Å². The summed E-state index contributed by atoms with van der Waals surface area (Å²) >= 11 is 0. The predicted molar refractivity (Wildman–Crippen MR) is 171 cm³/mol. The fourth-order valence-corrected chi connectivity index (χ4v) is 3.92. The SMILES string of the molecule is CCCNc1nc(NC(=O)Nc2ccncc2)ncc1C(=O)Nc1cccc(NC(=O)[C@H](C)N(C)C(=O)CCCN(C)C)c1. The Kier molecular flexibility index (Phi) is 12.5. The number of amides is 5. The van der Waals surface area contributed by atoms with Gasteiger partial charge >= 0.3 is 6.03 Å². The molecule has 5 amide bonds. The zero-order valence-corrected chi connectivity index (χ0v) is 25.7. The van der Waals surface area contributed by atoms with Gasteiger partial charge in [0.2, 0.25) is 17.8 Å². The minimum atomic E-state index is -0.691. The van der Waals surface area contributed by atoms with Crippen LogP contribution >= 0.6 is 0 Å². The van der Waals surface area contributed by atoms with Gasteiger partial charge in [-0.2, -0.15) is 4.98 Å². The third-order valence-corrected chi connectivity index (χ3v) is 6.48. The number of urea groups is 1. The first-order chi connectivity index (χ1) is 21.1. The molecule has 0 unspecified atom stereocenters. The monoisotopic (exact) mass is 604 g/mol. The van der Waals surface area contributed by atoms with Crippen molar-refractivity contribution in [1.82, 2.24) is 24.8 Å². The second-order valence-electron chi connectivity index (χ2n) is 10.3. The van der Waals surface area contributed by atoms with Crippen LogP contribution in [0, 0.1) is 0 Å². The molecule has 14 nitrogen and oxygen atoms in total. The highest BCUT2D eigenvalue weighted by Gasteiger charge is 2.22. The van der Waals surface area contributed by atoms with E-state index in [1.807, 2.05) is 25.9 Å². The van der Waals surface area contributed by atoms with Crippen molar-refractivity contribution in [2.75, 3.05) is 60.8 Å². The van der Waals surface area contributed by atoms with Crippen molar-refractivity contribution in [3.05, 3.63) is 60.6 Å². The Morgan fingerprint density at radius 3 is 2.30 bits per heavy atom. The van der Waals surface area contributed by atoms with Crippen molar-refractivity contribution in [1.29, 1.82) is 0 Å². The van der Waals surface area contributed by atoms with Crippen LogP contribution in [0.3, 0.4) is 0 Å². The van der Waals surface area contributed by atoms with E-state index in [4.69, 9.17) is 0 Å². The molecule has 44 heavy (non-hydrogen) atoms. The number of pyridine rings is 1. The lowest BCUT2D eigenvalue weighted by atomic mass is 10.2. The summed E-state index contributed by atoms with van der Waals surface area (Å²) < 4.78 is 0. The van der Waals surface area contributed by atoms with Crippen LogP contribution in [0.2, 0.25) is 0 Å². The summed E-state index contributed by atoms with van der Waals surface area (Å²) in [6, 6.07) is 8.69. The number of likely N-dealkylation sites (N-methyl/N-ethyl adjacent to an activating group) is 1. The highest BCUT2D eigenvalue weighted by Crippen LogP contribution is 2.20. The molecule has 3 rings (SSSR count). The summed E-state index contributed by atoms with van der Waals surface area (Å²) in [5.74, 6) is -0.702. The third kappa shape index (κ3) is 10.3. The van der Waals surface area contributed by atoms with E-state index >= 15 is 0 Å². The zero-order chi connectivity index (χ0) is 32.1. The number of carbonyl (C=O) groups excluding carboxylic acids is 4. The van der Waals surface area contributed by atoms with Crippen LogP contribution in [0.15, 0.2) is 55.0 Å². The summed E-state index contributed by atoms with van der Waals surface area (Å²) in [4.78, 5) is 66.8. The number of hydrogen-bond donors (Lipinski definition) is 5. The second-order valence-corrected chi connectivity index (χ2v) is 10.3. The molecule has 234 valence electrons. The molecule has 0 bridgehead atoms. The average Bonchev–Trinajstić information content (AvgIpc) is 2.99. The van der Waals surface area contributed by atoms with Crippen molar-refractivity contribution in [3.63, 3.8) is 0 Å². The van der Waals surface area contributed by atoms with Gasteiger partial charge in [0.15, 0.2) is 0 Å². The van der Waals surface area contributed by atoms with Crippen LogP contribution in [0.4, 0.5) is 33.6 Å². The van der Waals surface area contributed by atoms with Gasteiger partial charge in [-0.3, -0.25) is 24.7 Å². The van der Waals surface area contributed by atoms with E-state index < -0.39 is 18.0 Å². The molecule has 0 saturated carbocycles. The van der Waals surface area contributed by atoms with Crippen LogP contribution in [0.1, 0.15) is 43.5 Å². The number of hydrogen-bond acceptors (Lipinski definition) is 9. The Balaban J connectivity index is 1.65. The van der Waals surface area contributed by atoms with Gasteiger partial charge in [0, 0.05) is 55.7 Å². The van der Waals surface area contributed by atoms with Gasteiger partial charge in [-0.25, -0.2) is 9.78 Å². The van der Waals surface area contributed by atoms with E-state index in [0.717, 1.165) is 13.0 Å². The normalized spacial score (nSPS) is 11.3. The van der Waals surface area contributed by atoms with E-state index in [2.05, 4.69) is 41.5 Å². The minimum Gasteiger partial charge on any atom is -0.369 e. The molecular formula is C30H40N10O4. The molecule has 1 atom stereocenters. The summed E-state index contributed by atoms with van der Waals surface area (Å²) in [5.41, 5.74) is 1.58. The molecule has 0 radical (unpaired) electrons. The quantitative estimate of drug-likeness (QED) is 0.184. The van der Waals surface area contributed by atoms with E-state index in [1.165, 1.54) is 11.1 Å². The molecule has 3 aromatic rings. The number of rotatable bonds is 14. The first-order valence-corrected chi connectivity index (χ1v) is 14.3. The molecule has 0 aliphatic rings. The fraction of sp³-hybridized carbons (Fsp3) is 0.367. The number of benzene rings is 1. The van der Waals surface area contributed by atoms with Crippen LogP contribution < -0.4 is 26.6 Å². The van der Waals surface area contributed by atoms with Gasteiger partial charge in [-0.05, 0) is 70.7 Å². The molecular weight excluding hydrogens is 564 g/mol. The first kappa shape index (κ1) is 33.4. The number of nitrogens with one attached hydrogen (secondary N) is 5. The van der Waals surface area contributed by atoms with Gasteiger partial charge < -0.3 is 31.1 Å². The molecule has 2 aromatic heterocycles. The lowest BCUT2D eigenvalue weighted by Crippen LogP contribution is -2.43. The number of nitrogens with zero attached hydrogens (tertiary/aromatic N) is 5. The topological polar surface area (TPSA) is 174 Å². The Bertz CT molecular complexity index is 1430. The fourth-order valence-electron chi connectivity index (χ4n) is 3.92. The Hall–Kier alpha value is -5.11. The third-order valence-electron chi connectivity index (χ3n) is 6.48. The van der Waals surface area contributed by atoms with Crippen LogP contribution in [-0.4, -0.2) is 88.8 Å². The molecule has 0 saturated heterocycles. The maximum absolute atomic E-state index is 13.2. The minimum absolute atomic E-state index is 0.00619. The van der Waals surface area contributed by atoms with Crippen LogP contribution in [0.25, 0.3) is 0 Å². The molecule has 5 N–H and O–H groups in total. The van der Waals surface area contributed by atoms with Gasteiger partial charge in [0.05, 0.1) is 0 Å². The second kappa shape index (κ2) is 16.5. The Morgan fingerprint density at radius 1 is 0.909 bits per heavy atom. The van der Waals surface area contributed by atoms with Crippen molar-refractivity contribution in [2.24, 2.45) is 0 Å². The van der Waals surface area contributed by atoms with Crippen LogP contribution in [0.5, 0.6) is 0 Å². The van der Waals surface area contributed by atoms with Gasteiger partial charge in [0.1, 0.15) is 17.4 Å². The smallest absolute Gasteiger partial charge is 0.326 e. The first-order valence-electron chi connectivity index (χ1n) is 14.3. The van der Waals surface area contributed by atoms with Gasteiger partial charge in [-0.1, -0.05) is 13.0 Å². The number of anilines is 5. The Morgan fingerprint density at radius 2 is 1.61 bits per heavy atom. The molecule has 0 aliphatic heterocycles. The lowest BCUT2D eigenvalue weighted by Gasteiger charge is -2.24. The van der Waals surface area contributed by atoms with Crippen molar-refractivity contribution >= 4 is 52.6 Å².